The van der Waals surface area contributed by atoms with Gasteiger partial charge in [0.2, 0.25) is 0 Å². The third-order valence-corrected chi connectivity index (χ3v) is 5.54. The fraction of sp³-hybridized carbons (Fsp3) is 0.250. The number of aliphatic hydroxyl groups excluding tert-OH is 1. The van der Waals surface area contributed by atoms with Crippen molar-refractivity contribution in [2.24, 2.45) is 5.73 Å². The van der Waals surface area contributed by atoms with Gasteiger partial charge in [-0.1, -0.05) is 24.3 Å². The van der Waals surface area contributed by atoms with Gasteiger partial charge in [-0.05, 0) is 6.92 Å². The van der Waals surface area contributed by atoms with E-state index in [1.54, 1.807) is 12.1 Å². The maximum atomic E-state index is 12.9. The number of Topliss-reactive ketones (excluding diaryl/α,β-unsaturated/α-hetero) is 1. The summed E-state index contributed by atoms with van der Waals surface area (Å²) in [7, 11) is 0. The zero-order chi connectivity index (χ0) is 19.7. The molecular weight excluding hydrogens is 386 g/mol. The van der Waals surface area contributed by atoms with Crippen LogP contribution in [0.1, 0.15) is 62.4 Å². The van der Waals surface area contributed by atoms with Gasteiger partial charge < -0.3 is 21.1 Å². The lowest BCUT2D eigenvalue weighted by Crippen LogP contribution is -2.52. The summed E-state index contributed by atoms with van der Waals surface area (Å²) in [5.41, 5.74) is 4.18. The van der Waals surface area contributed by atoms with Crippen LogP contribution >= 0.6 is 12.4 Å². The molecule has 2 unspecified atom stereocenters. The summed E-state index contributed by atoms with van der Waals surface area (Å²) in [6.45, 7) is 1.28. The molecule has 28 heavy (non-hydrogen) atoms. The third-order valence-electron chi connectivity index (χ3n) is 5.54. The number of ketones is 3. The van der Waals surface area contributed by atoms with E-state index in [9.17, 15) is 29.7 Å². The summed E-state index contributed by atoms with van der Waals surface area (Å²) in [6, 6.07) is 6.11. The molecule has 146 valence electrons. The molecule has 0 heterocycles. The Morgan fingerprint density at radius 1 is 1.07 bits per heavy atom. The number of carbonyl (C=O) groups is 3. The van der Waals surface area contributed by atoms with E-state index in [0.717, 1.165) is 0 Å². The van der Waals surface area contributed by atoms with Crippen molar-refractivity contribution in [1.82, 2.24) is 0 Å². The summed E-state index contributed by atoms with van der Waals surface area (Å²) in [5, 5.41) is 32.0. The Balaban J connectivity index is 0.00000225. The van der Waals surface area contributed by atoms with Crippen LogP contribution in [0, 0.1) is 0 Å². The highest BCUT2D eigenvalue weighted by atomic mass is 35.5. The molecule has 2 aliphatic rings. The molecule has 7 nitrogen and oxygen atoms in total. The number of phenols is 2. The molecule has 4 rings (SSSR count). The quantitative estimate of drug-likeness (QED) is 0.452. The fourth-order valence-corrected chi connectivity index (χ4v) is 4.02. The highest BCUT2D eigenvalue weighted by Crippen LogP contribution is 2.49. The van der Waals surface area contributed by atoms with Crippen molar-refractivity contribution in [2.45, 2.75) is 31.4 Å². The standard InChI is InChI=1S/C20H17NO6.ClH/c1-8(22)20(21)6-11-13(12(23)7-20)19(27)15-14(18(11)26)16(24)9-4-2-3-5-10(9)17(15)25;/h2-5,12,23,26-27H,6-7,21H2,1H3;1H. The summed E-state index contributed by atoms with van der Waals surface area (Å²) in [6.07, 6.45) is -1.69. The molecule has 0 bridgehead atoms. The van der Waals surface area contributed by atoms with Gasteiger partial charge in [0.15, 0.2) is 11.6 Å². The number of phenolic OH excluding ortho intramolecular Hbond substituents is 2. The lowest BCUT2D eigenvalue weighted by Gasteiger charge is -2.37. The predicted molar refractivity (Wildman–Crippen MR) is 101 cm³/mol. The van der Waals surface area contributed by atoms with E-state index in [1.165, 1.54) is 19.1 Å². The van der Waals surface area contributed by atoms with Crippen molar-refractivity contribution in [2.75, 3.05) is 0 Å². The van der Waals surface area contributed by atoms with Crippen molar-refractivity contribution in [3.05, 3.63) is 57.6 Å². The zero-order valence-electron chi connectivity index (χ0n) is 14.9. The second kappa shape index (κ2) is 6.41. The molecule has 0 aliphatic heterocycles. The van der Waals surface area contributed by atoms with Crippen LogP contribution in [0.25, 0.3) is 0 Å². The molecule has 8 heteroatoms. The van der Waals surface area contributed by atoms with Crippen molar-refractivity contribution >= 4 is 29.8 Å². The van der Waals surface area contributed by atoms with Crippen molar-refractivity contribution in [3.8, 4) is 11.5 Å². The third kappa shape index (κ3) is 2.47. The molecule has 2 aliphatic carbocycles. The number of hydrogen-bond donors (Lipinski definition) is 4. The first-order valence-electron chi connectivity index (χ1n) is 8.44. The van der Waals surface area contributed by atoms with E-state index in [4.69, 9.17) is 5.73 Å². The minimum absolute atomic E-state index is 0. The smallest absolute Gasteiger partial charge is 0.198 e. The normalized spacial score (nSPS) is 22.6. The van der Waals surface area contributed by atoms with Crippen molar-refractivity contribution < 1.29 is 29.7 Å². The van der Waals surface area contributed by atoms with Crippen LogP contribution in [0.15, 0.2) is 24.3 Å². The highest BCUT2D eigenvalue weighted by Gasteiger charge is 2.45. The van der Waals surface area contributed by atoms with Crippen LogP contribution in [0.3, 0.4) is 0 Å². The number of aliphatic hydroxyl groups is 1. The Hall–Kier alpha value is -2.74. The number of halogens is 1. The van der Waals surface area contributed by atoms with Gasteiger partial charge in [-0.3, -0.25) is 14.4 Å². The largest absolute Gasteiger partial charge is 0.507 e. The van der Waals surface area contributed by atoms with Crippen molar-refractivity contribution in [3.63, 3.8) is 0 Å². The number of aromatic hydroxyl groups is 2. The molecule has 5 N–H and O–H groups in total. The second-order valence-corrected chi connectivity index (χ2v) is 7.15. The van der Waals surface area contributed by atoms with E-state index < -0.39 is 40.5 Å². The average molecular weight is 404 g/mol. The van der Waals surface area contributed by atoms with Gasteiger partial charge in [0, 0.05) is 35.1 Å². The molecule has 0 saturated heterocycles. The molecule has 0 fully saturated rings. The van der Waals surface area contributed by atoms with Crippen LogP contribution in [-0.2, 0) is 11.2 Å². The first-order valence-corrected chi connectivity index (χ1v) is 8.44. The Bertz CT molecular complexity index is 1060. The number of nitrogens with two attached hydrogens (primary N) is 1. The number of benzene rings is 2. The van der Waals surface area contributed by atoms with Gasteiger partial charge in [0.1, 0.15) is 17.3 Å². The van der Waals surface area contributed by atoms with E-state index in [2.05, 4.69) is 0 Å². The zero-order valence-corrected chi connectivity index (χ0v) is 15.7. The summed E-state index contributed by atoms with van der Waals surface area (Å²) in [4.78, 5) is 37.7. The molecule has 2 aromatic carbocycles. The Labute approximate surface area is 166 Å². The maximum absolute atomic E-state index is 12.9. The number of hydrogen-bond acceptors (Lipinski definition) is 7. The first-order chi connectivity index (χ1) is 12.7. The monoisotopic (exact) mass is 403 g/mol. The van der Waals surface area contributed by atoms with Gasteiger partial charge in [-0.2, -0.15) is 0 Å². The fourth-order valence-electron chi connectivity index (χ4n) is 4.02. The SMILES string of the molecule is CC(=O)C1(N)Cc2c(O)c3c(c(O)c2C(O)C1)C(=O)c1ccccc1C3=O.Cl. The minimum atomic E-state index is -1.44. The van der Waals surface area contributed by atoms with E-state index in [1.807, 2.05) is 0 Å². The number of fused-ring (bicyclic) bond motifs is 3. The average Bonchev–Trinajstić information content (AvgIpc) is 2.62. The summed E-state index contributed by atoms with van der Waals surface area (Å²) in [5.74, 6) is -2.69. The molecule has 2 atom stereocenters. The summed E-state index contributed by atoms with van der Waals surface area (Å²) >= 11 is 0. The van der Waals surface area contributed by atoms with Gasteiger partial charge >= 0.3 is 0 Å². The molecule has 2 aromatic rings. The summed E-state index contributed by atoms with van der Waals surface area (Å²) < 4.78 is 0. The molecule has 0 spiro atoms. The lowest BCUT2D eigenvalue weighted by molar-refractivity contribution is -0.123. The van der Waals surface area contributed by atoms with Gasteiger partial charge in [0.05, 0.1) is 22.8 Å². The predicted octanol–water partition coefficient (Wildman–Crippen LogP) is 1.56. The molecule has 0 amide bonds. The second-order valence-electron chi connectivity index (χ2n) is 7.15. The van der Waals surface area contributed by atoms with Crippen molar-refractivity contribution in [1.29, 1.82) is 0 Å². The van der Waals surface area contributed by atoms with E-state index in [-0.39, 0.29) is 58.6 Å². The van der Waals surface area contributed by atoms with E-state index >= 15 is 0 Å². The number of carbonyl (C=O) groups excluding carboxylic acids is 3. The number of rotatable bonds is 1. The highest BCUT2D eigenvalue weighted by molar-refractivity contribution is 6.30. The van der Waals surface area contributed by atoms with Gasteiger partial charge in [0.25, 0.3) is 0 Å². The van der Waals surface area contributed by atoms with Crippen LogP contribution in [0.4, 0.5) is 0 Å². The molecule has 0 saturated carbocycles. The minimum Gasteiger partial charge on any atom is -0.507 e. The van der Waals surface area contributed by atoms with E-state index in [0.29, 0.717) is 0 Å². The first kappa shape index (κ1) is 20.0. The maximum Gasteiger partial charge on any atom is 0.198 e. The Kier molecular flexibility index (Phi) is 4.58. The molecule has 0 radical (unpaired) electrons. The Morgan fingerprint density at radius 3 is 2.07 bits per heavy atom. The van der Waals surface area contributed by atoms with Crippen LogP contribution in [0.5, 0.6) is 11.5 Å². The van der Waals surface area contributed by atoms with Gasteiger partial charge in [-0.25, -0.2) is 0 Å². The van der Waals surface area contributed by atoms with Gasteiger partial charge in [-0.15, -0.1) is 12.4 Å². The topological polar surface area (TPSA) is 138 Å². The molecule has 0 aromatic heterocycles. The van der Waals surface area contributed by atoms with Crippen LogP contribution in [0.2, 0.25) is 0 Å². The van der Waals surface area contributed by atoms with Crippen LogP contribution < -0.4 is 5.73 Å². The van der Waals surface area contributed by atoms with Crippen LogP contribution in [-0.4, -0.2) is 38.2 Å². The lowest BCUT2D eigenvalue weighted by atomic mass is 9.71. The molecular formula is C20H18ClNO6. The Morgan fingerprint density at radius 2 is 1.57 bits per heavy atom.